The number of aromatic nitrogens is 1. The van der Waals surface area contributed by atoms with Gasteiger partial charge in [0, 0.05) is 12.7 Å². The number of halogens is 2. The lowest BCUT2D eigenvalue weighted by molar-refractivity contribution is 0.0767. The average Bonchev–Trinajstić information content (AvgIpc) is 2.23. The maximum Gasteiger partial charge on any atom is 0.143 e. The smallest absolute Gasteiger partial charge is 0.143 e. The highest BCUT2D eigenvalue weighted by atomic mass is 79.9. The molecule has 2 rings (SSSR count). The van der Waals surface area contributed by atoms with Crippen LogP contribution in [0.3, 0.4) is 0 Å². The van der Waals surface area contributed by atoms with Gasteiger partial charge in [0.2, 0.25) is 0 Å². The van der Waals surface area contributed by atoms with Crippen molar-refractivity contribution in [3.8, 4) is 0 Å². The third kappa shape index (κ3) is 2.25. The van der Waals surface area contributed by atoms with Crippen LogP contribution in [0.4, 0.5) is 0 Å². The number of hydrogen-bond acceptors (Lipinski definition) is 3. The van der Waals surface area contributed by atoms with E-state index < -0.39 is 0 Å². The van der Waals surface area contributed by atoms with Gasteiger partial charge >= 0.3 is 0 Å². The van der Waals surface area contributed by atoms with Crippen LogP contribution in [0.15, 0.2) is 16.7 Å². The third-order valence-electron chi connectivity index (χ3n) is 2.14. The van der Waals surface area contributed by atoms with E-state index in [4.69, 9.17) is 16.3 Å². The molecule has 2 heterocycles. The number of hydrogen-bond donors (Lipinski definition) is 1. The number of ether oxygens (including phenoxy) is 1. The van der Waals surface area contributed by atoms with Crippen LogP contribution in [0.25, 0.3) is 0 Å². The maximum absolute atomic E-state index is 5.81. The van der Waals surface area contributed by atoms with Crippen LogP contribution in [0.2, 0.25) is 5.15 Å². The van der Waals surface area contributed by atoms with Crippen molar-refractivity contribution in [2.75, 3.05) is 19.8 Å². The highest BCUT2D eigenvalue weighted by molar-refractivity contribution is 9.10. The van der Waals surface area contributed by atoms with Gasteiger partial charge in [0.05, 0.1) is 23.7 Å². The van der Waals surface area contributed by atoms with Crippen molar-refractivity contribution < 1.29 is 4.74 Å². The molecule has 1 aromatic heterocycles. The van der Waals surface area contributed by atoms with Crippen molar-refractivity contribution in [3.05, 3.63) is 27.5 Å². The quantitative estimate of drug-likeness (QED) is 0.799. The van der Waals surface area contributed by atoms with E-state index in [1.165, 1.54) is 0 Å². The maximum atomic E-state index is 5.81. The Labute approximate surface area is 95.9 Å². The summed E-state index contributed by atoms with van der Waals surface area (Å²) < 4.78 is 6.19. The van der Waals surface area contributed by atoms with Gasteiger partial charge in [-0.3, -0.25) is 0 Å². The Balaban J connectivity index is 2.18. The fraction of sp³-hybridized carbons (Fsp3) is 0.444. The van der Waals surface area contributed by atoms with Gasteiger partial charge in [-0.05, 0) is 27.6 Å². The second-order valence-electron chi connectivity index (χ2n) is 3.12. The van der Waals surface area contributed by atoms with Gasteiger partial charge in [0.15, 0.2) is 0 Å². The molecule has 1 aliphatic rings. The molecule has 0 spiro atoms. The molecule has 76 valence electrons. The van der Waals surface area contributed by atoms with E-state index in [1.54, 1.807) is 6.20 Å². The molecule has 1 N–H and O–H groups in total. The first-order valence-corrected chi connectivity index (χ1v) is 5.56. The molecule has 14 heavy (non-hydrogen) atoms. The zero-order valence-corrected chi connectivity index (χ0v) is 9.81. The number of nitrogens with one attached hydrogen (secondary N) is 1. The lowest BCUT2D eigenvalue weighted by Gasteiger charge is -2.23. The monoisotopic (exact) mass is 276 g/mol. The largest absolute Gasteiger partial charge is 0.378 e. The molecule has 0 bridgehead atoms. The van der Waals surface area contributed by atoms with Gasteiger partial charge in [0.25, 0.3) is 0 Å². The van der Waals surface area contributed by atoms with Crippen LogP contribution >= 0.6 is 27.5 Å². The number of rotatable bonds is 1. The van der Waals surface area contributed by atoms with Crippen LogP contribution in [0.1, 0.15) is 11.6 Å². The summed E-state index contributed by atoms with van der Waals surface area (Å²) >= 11 is 9.16. The van der Waals surface area contributed by atoms with Gasteiger partial charge in [0.1, 0.15) is 5.15 Å². The molecule has 3 nitrogen and oxygen atoms in total. The predicted octanol–water partition coefficient (Wildman–Crippen LogP) is 2.16. The lowest BCUT2D eigenvalue weighted by Crippen LogP contribution is -2.34. The molecule has 0 radical (unpaired) electrons. The second-order valence-corrected chi connectivity index (χ2v) is 4.34. The summed E-state index contributed by atoms with van der Waals surface area (Å²) in [6, 6.07) is 2.20. The van der Waals surface area contributed by atoms with E-state index in [2.05, 4.69) is 26.2 Å². The van der Waals surface area contributed by atoms with E-state index in [9.17, 15) is 0 Å². The van der Waals surface area contributed by atoms with Crippen molar-refractivity contribution in [2.24, 2.45) is 0 Å². The predicted molar refractivity (Wildman–Crippen MR) is 58.5 cm³/mol. The molecule has 1 atom stereocenters. The van der Waals surface area contributed by atoms with Crippen molar-refractivity contribution in [1.29, 1.82) is 0 Å². The highest BCUT2D eigenvalue weighted by Gasteiger charge is 2.16. The molecule has 0 unspecified atom stereocenters. The summed E-state index contributed by atoms with van der Waals surface area (Å²) in [6.45, 7) is 2.35. The van der Waals surface area contributed by atoms with E-state index in [1.807, 2.05) is 6.07 Å². The van der Waals surface area contributed by atoms with E-state index >= 15 is 0 Å². The molecular weight excluding hydrogens is 267 g/mol. The molecule has 0 aliphatic carbocycles. The Hall–Kier alpha value is -0.160. The summed E-state index contributed by atoms with van der Waals surface area (Å²) in [4.78, 5) is 4.08. The fourth-order valence-corrected chi connectivity index (χ4v) is 1.88. The van der Waals surface area contributed by atoms with Crippen molar-refractivity contribution in [3.63, 3.8) is 0 Å². The fourth-order valence-electron chi connectivity index (χ4n) is 1.41. The minimum Gasteiger partial charge on any atom is -0.378 e. The van der Waals surface area contributed by atoms with Crippen LogP contribution < -0.4 is 5.32 Å². The summed E-state index contributed by atoms with van der Waals surface area (Å²) in [6.07, 6.45) is 1.78. The van der Waals surface area contributed by atoms with Gasteiger partial charge in [-0.15, -0.1) is 0 Å². The zero-order chi connectivity index (χ0) is 9.97. The van der Waals surface area contributed by atoms with Gasteiger partial charge in [-0.1, -0.05) is 11.6 Å². The Morgan fingerprint density at radius 1 is 1.64 bits per heavy atom. The molecule has 0 amide bonds. The minimum absolute atomic E-state index is 0.227. The first-order chi connectivity index (χ1) is 6.77. The standard InChI is InChI=1S/C9H10BrClN2O/c10-7-3-6(4-13-9(7)11)8-5-14-2-1-12-8/h3-4,8,12H,1-2,5H2/t8-/m1/s1. The molecule has 0 aromatic carbocycles. The van der Waals surface area contributed by atoms with Crippen molar-refractivity contribution in [2.45, 2.75) is 6.04 Å². The number of morpholine rings is 1. The zero-order valence-electron chi connectivity index (χ0n) is 7.46. The molecule has 1 aromatic rings. The summed E-state index contributed by atoms with van der Waals surface area (Å²) in [7, 11) is 0. The summed E-state index contributed by atoms with van der Waals surface area (Å²) in [5, 5.41) is 3.84. The number of pyridine rings is 1. The van der Waals surface area contributed by atoms with Gasteiger partial charge in [-0.25, -0.2) is 4.98 Å². The molecule has 0 saturated carbocycles. The van der Waals surface area contributed by atoms with Crippen LogP contribution in [0, 0.1) is 0 Å². The summed E-state index contributed by atoms with van der Waals surface area (Å²) in [5.41, 5.74) is 1.10. The Morgan fingerprint density at radius 3 is 3.14 bits per heavy atom. The van der Waals surface area contributed by atoms with E-state index in [0.29, 0.717) is 11.8 Å². The lowest BCUT2D eigenvalue weighted by atomic mass is 10.1. The van der Waals surface area contributed by atoms with Crippen molar-refractivity contribution in [1.82, 2.24) is 10.3 Å². The average molecular weight is 278 g/mol. The van der Waals surface area contributed by atoms with E-state index in [0.717, 1.165) is 23.2 Å². The SMILES string of the molecule is Clc1ncc([C@H]2COCCN2)cc1Br. The summed E-state index contributed by atoms with van der Waals surface area (Å²) in [5.74, 6) is 0. The molecule has 5 heteroatoms. The Morgan fingerprint density at radius 2 is 2.50 bits per heavy atom. The van der Waals surface area contributed by atoms with E-state index in [-0.39, 0.29) is 6.04 Å². The first-order valence-electron chi connectivity index (χ1n) is 4.39. The van der Waals surface area contributed by atoms with Crippen LogP contribution in [-0.2, 0) is 4.74 Å². The first kappa shape index (κ1) is 10.4. The third-order valence-corrected chi connectivity index (χ3v) is 3.28. The minimum atomic E-state index is 0.227. The normalized spacial score (nSPS) is 22.3. The van der Waals surface area contributed by atoms with Crippen LogP contribution in [0.5, 0.6) is 0 Å². The second kappa shape index (κ2) is 4.57. The number of nitrogens with zero attached hydrogens (tertiary/aromatic N) is 1. The topological polar surface area (TPSA) is 34.1 Å². The molecule has 1 fully saturated rings. The highest BCUT2D eigenvalue weighted by Crippen LogP contribution is 2.24. The molecule has 1 aliphatic heterocycles. The Kier molecular flexibility index (Phi) is 3.38. The van der Waals surface area contributed by atoms with Crippen molar-refractivity contribution >= 4 is 27.5 Å². The van der Waals surface area contributed by atoms with Crippen LogP contribution in [-0.4, -0.2) is 24.7 Å². The molecule has 1 saturated heterocycles. The molecular formula is C9H10BrClN2O. The van der Waals surface area contributed by atoms with Gasteiger partial charge in [-0.2, -0.15) is 0 Å². The Bertz CT molecular complexity index is 329. The van der Waals surface area contributed by atoms with Gasteiger partial charge < -0.3 is 10.1 Å².